The van der Waals surface area contributed by atoms with Crippen LogP contribution in [-0.4, -0.2) is 17.1 Å². The molecule has 0 aliphatic rings. The third kappa shape index (κ3) is 4.31. The molecule has 2 aromatic rings. The van der Waals surface area contributed by atoms with Gasteiger partial charge in [-0.05, 0) is 36.1 Å². The normalized spacial score (nSPS) is 13.4. The lowest BCUT2D eigenvalue weighted by Crippen LogP contribution is -2.30. The fourth-order valence-corrected chi connectivity index (χ4v) is 2.27. The van der Waals surface area contributed by atoms with E-state index in [1.807, 2.05) is 37.3 Å². The van der Waals surface area contributed by atoms with Crippen molar-refractivity contribution >= 4 is 11.7 Å². The minimum atomic E-state index is -0.943. The number of carbonyl (C=O) groups is 1. The summed E-state index contributed by atoms with van der Waals surface area (Å²) in [6.45, 7) is 1.98. The SMILES string of the molecule is CC(CC(Nc1cccc(F)c1)C(=O)O)c1ccccc1. The molecule has 21 heavy (non-hydrogen) atoms. The Morgan fingerprint density at radius 2 is 1.90 bits per heavy atom. The summed E-state index contributed by atoms with van der Waals surface area (Å²) in [7, 11) is 0. The number of hydrogen-bond acceptors (Lipinski definition) is 2. The molecule has 0 radical (unpaired) electrons. The number of halogens is 1. The summed E-state index contributed by atoms with van der Waals surface area (Å²) >= 11 is 0. The van der Waals surface area contributed by atoms with Crippen molar-refractivity contribution in [1.29, 1.82) is 0 Å². The molecule has 2 aromatic carbocycles. The van der Waals surface area contributed by atoms with Gasteiger partial charge >= 0.3 is 5.97 Å². The van der Waals surface area contributed by atoms with Crippen LogP contribution in [0.4, 0.5) is 10.1 Å². The summed E-state index contributed by atoms with van der Waals surface area (Å²) in [6, 6.07) is 14.8. The van der Waals surface area contributed by atoms with Gasteiger partial charge in [0.05, 0.1) is 0 Å². The van der Waals surface area contributed by atoms with E-state index in [1.54, 1.807) is 12.1 Å². The van der Waals surface area contributed by atoms with Crippen LogP contribution in [0.25, 0.3) is 0 Å². The van der Waals surface area contributed by atoms with Crippen LogP contribution < -0.4 is 5.32 Å². The van der Waals surface area contributed by atoms with Crippen molar-refractivity contribution in [1.82, 2.24) is 0 Å². The maximum atomic E-state index is 13.2. The summed E-state index contributed by atoms with van der Waals surface area (Å²) in [5.74, 6) is -1.24. The second kappa shape index (κ2) is 6.88. The Hall–Kier alpha value is -2.36. The Balaban J connectivity index is 2.07. The fourth-order valence-electron chi connectivity index (χ4n) is 2.27. The highest BCUT2D eigenvalue weighted by molar-refractivity contribution is 5.77. The number of anilines is 1. The number of aliphatic carboxylic acids is 1. The second-order valence-electron chi connectivity index (χ2n) is 5.09. The number of benzene rings is 2. The lowest BCUT2D eigenvalue weighted by Gasteiger charge is -2.20. The molecule has 2 rings (SSSR count). The second-order valence-corrected chi connectivity index (χ2v) is 5.09. The van der Waals surface area contributed by atoms with Crippen LogP contribution in [0.5, 0.6) is 0 Å². The maximum absolute atomic E-state index is 13.2. The van der Waals surface area contributed by atoms with Gasteiger partial charge in [-0.2, -0.15) is 0 Å². The summed E-state index contributed by atoms with van der Waals surface area (Å²) in [4.78, 5) is 11.4. The van der Waals surface area contributed by atoms with Crippen LogP contribution in [0.2, 0.25) is 0 Å². The zero-order valence-corrected chi connectivity index (χ0v) is 11.8. The van der Waals surface area contributed by atoms with E-state index in [4.69, 9.17) is 0 Å². The summed E-state index contributed by atoms with van der Waals surface area (Å²) in [5, 5.41) is 12.2. The number of hydrogen-bond donors (Lipinski definition) is 2. The number of nitrogens with one attached hydrogen (secondary N) is 1. The molecule has 2 unspecified atom stereocenters. The van der Waals surface area contributed by atoms with Crippen molar-refractivity contribution in [3.8, 4) is 0 Å². The van der Waals surface area contributed by atoms with Gasteiger partial charge in [0.15, 0.2) is 0 Å². The quantitative estimate of drug-likeness (QED) is 0.847. The standard InChI is InChI=1S/C17H18FNO2/c1-12(13-6-3-2-4-7-13)10-16(17(20)21)19-15-9-5-8-14(18)11-15/h2-9,11-12,16,19H,10H2,1H3,(H,20,21). The van der Waals surface area contributed by atoms with Gasteiger partial charge in [0.25, 0.3) is 0 Å². The van der Waals surface area contributed by atoms with Gasteiger partial charge in [-0.15, -0.1) is 0 Å². The Morgan fingerprint density at radius 1 is 1.19 bits per heavy atom. The first kappa shape index (κ1) is 15.0. The van der Waals surface area contributed by atoms with Crippen molar-refractivity contribution in [3.63, 3.8) is 0 Å². The molecule has 0 heterocycles. The Kier molecular flexibility index (Phi) is 4.93. The zero-order valence-electron chi connectivity index (χ0n) is 11.8. The van der Waals surface area contributed by atoms with E-state index in [9.17, 15) is 14.3 Å². The predicted octanol–water partition coefficient (Wildman–Crippen LogP) is 3.88. The zero-order chi connectivity index (χ0) is 15.2. The van der Waals surface area contributed by atoms with E-state index >= 15 is 0 Å². The van der Waals surface area contributed by atoms with Gasteiger partial charge in [-0.25, -0.2) is 9.18 Å². The molecule has 0 aliphatic heterocycles. The number of carboxylic acids is 1. The van der Waals surface area contributed by atoms with Crippen molar-refractivity contribution < 1.29 is 14.3 Å². The lowest BCUT2D eigenvalue weighted by molar-refractivity contribution is -0.138. The molecular weight excluding hydrogens is 269 g/mol. The molecule has 0 bridgehead atoms. The molecule has 0 saturated carbocycles. The van der Waals surface area contributed by atoms with Crippen LogP contribution in [0.15, 0.2) is 54.6 Å². The number of carboxylic acid groups (broad SMARTS) is 1. The summed E-state index contributed by atoms with van der Waals surface area (Å²) < 4.78 is 13.2. The topological polar surface area (TPSA) is 49.3 Å². The first-order chi connectivity index (χ1) is 10.1. The summed E-state index contributed by atoms with van der Waals surface area (Å²) in [6.07, 6.45) is 0.426. The minimum absolute atomic E-state index is 0.0911. The Morgan fingerprint density at radius 3 is 2.52 bits per heavy atom. The van der Waals surface area contributed by atoms with E-state index in [0.29, 0.717) is 12.1 Å². The maximum Gasteiger partial charge on any atom is 0.326 e. The highest BCUT2D eigenvalue weighted by Gasteiger charge is 2.21. The molecule has 0 aromatic heterocycles. The van der Waals surface area contributed by atoms with E-state index in [0.717, 1.165) is 5.56 Å². The van der Waals surface area contributed by atoms with E-state index in [2.05, 4.69) is 5.32 Å². The van der Waals surface area contributed by atoms with E-state index < -0.39 is 12.0 Å². The van der Waals surface area contributed by atoms with Crippen molar-refractivity contribution in [2.45, 2.75) is 25.3 Å². The summed E-state index contributed by atoms with van der Waals surface area (Å²) in [5.41, 5.74) is 1.56. The Labute approximate surface area is 123 Å². The predicted molar refractivity (Wildman–Crippen MR) is 80.9 cm³/mol. The monoisotopic (exact) mass is 287 g/mol. The molecule has 0 spiro atoms. The van der Waals surface area contributed by atoms with Crippen LogP contribution in [0.1, 0.15) is 24.8 Å². The average molecular weight is 287 g/mol. The molecule has 4 heteroatoms. The van der Waals surface area contributed by atoms with Crippen LogP contribution in [-0.2, 0) is 4.79 Å². The Bertz CT molecular complexity index is 601. The van der Waals surface area contributed by atoms with Gasteiger partial charge in [0.2, 0.25) is 0 Å². The third-order valence-electron chi connectivity index (χ3n) is 3.42. The first-order valence-electron chi connectivity index (χ1n) is 6.86. The van der Waals surface area contributed by atoms with Gasteiger partial charge in [-0.1, -0.05) is 43.3 Å². The van der Waals surface area contributed by atoms with E-state index in [1.165, 1.54) is 12.1 Å². The number of rotatable bonds is 6. The van der Waals surface area contributed by atoms with E-state index in [-0.39, 0.29) is 11.7 Å². The van der Waals surface area contributed by atoms with Crippen LogP contribution in [0, 0.1) is 5.82 Å². The highest BCUT2D eigenvalue weighted by Crippen LogP contribution is 2.22. The van der Waals surface area contributed by atoms with Crippen molar-refractivity contribution in [2.24, 2.45) is 0 Å². The molecule has 2 N–H and O–H groups in total. The van der Waals surface area contributed by atoms with Gasteiger partial charge in [0.1, 0.15) is 11.9 Å². The first-order valence-corrected chi connectivity index (χ1v) is 6.86. The highest BCUT2D eigenvalue weighted by atomic mass is 19.1. The van der Waals surface area contributed by atoms with Crippen molar-refractivity contribution in [3.05, 3.63) is 66.0 Å². The average Bonchev–Trinajstić information content (AvgIpc) is 2.47. The molecular formula is C17H18FNO2. The van der Waals surface area contributed by atoms with Crippen molar-refractivity contribution in [2.75, 3.05) is 5.32 Å². The molecule has 0 fully saturated rings. The van der Waals surface area contributed by atoms with Crippen LogP contribution >= 0.6 is 0 Å². The largest absolute Gasteiger partial charge is 0.480 e. The smallest absolute Gasteiger partial charge is 0.326 e. The lowest BCUT2D eigenvalue weighted by atomic mass is 9.94. The fraction of sp³-hybridized carbons (Fsp3) is 0.235. The third-order valence-corrected chi connectivity index (χ3v) is 3.42. The molecule has 2 atom stereocenters. The molecule has 3 nitrogen and oxygen atoms in total. The van der Waals surface area contributed by atoms with Crippen LogP contribution in [0.3, 0.4) is 0 Å². The minimum Gasteiger partial charge on any atom is -0.480 e. The van der Waals surface area contributed by atoms with Gasteiger partial charge in [-0.3, -0.25) is 0 Å². The van der Waals surface area contributed by atoms with Gasteiger partial charge < -0.3 is 10.4 Å². The molecule has 0 saturated heterocycles. The molecule has 110 valence electrons. The molecule has 0 aliphatic carbocycles. The van der Waals surface area contributed by atoms with Gasteiger partial charge in [0, 0.05) is 5.69 Å². The molecule has 0 amide bonds.